The highest BCUT2D eigenvalue weighted by Gasteiger charge is 2.36. The average Bonchev–Trinajstić information content (AvgIpc) is 3.13. The number of fused-ring (bicyclic) bond motifs is 4. The third kappa shape index (κ3) is 2.71. The quantitative estimate of drug-likeness (QED) is 0.665. The number of oxazole rings is 1. The van der Waals surface area contributed by atoms with Gasteiger partial charge in [0, 0.05) is 37.3 Å². The molecule has 7 heteroatoms. The van der Waals surface area contributed by atoms with Crippen LogP contribution in [-0.4, -0.2) is 22.6 Å². The van der Waals surface area contributed by atoms with Gasteiger partial charge in [-0.05, 0) is 30.5 Å². The maximum Gasteiger partial charge on any atom is 0.250 e. The average molecular weight is 393 g/mol. The Kier molecular flexibility index (Phi) is 3.99. The molecule has 28 heavy (non-hydrogen) atoms. The monoisotopic (exact) mass is 392 g/mol. The van der Waals surface area contributed by atoms with Crippen LogP contribution in [0.15, 0.2) is 51.7 Å². The molecule has 2 aromatic heterocycles. The minimum Gasteiger partial charge on any atom is -0.419 e. The summed E-state index contributed by atoms with van der Waals surface area (Å²) < 4.78 is 7.91. The van der Waals surface area contributed by atoms with E-state index in [4.69, 9.17) is 16.0 Å². The van der Waals surface area contributed by atoms with Crippen LogP contribution in [-0.2, 0) is 6.54 Å². The fourth-order valence-electron chi connectivity index (χ4n) is 4.41. The van der Waals surface area contributed by atoms with Gasteiger partial charge >= 0.3 is 0 Å². The van der Waals surface area contributed by atoms with Gasteiger partial charge in [0.1, 0.15) is 6.07 Å². The molecule has 4 heterocycles. The number of nitrogens with zero attached hydrogens (tertiary/aromatic N) is 4. The van der Waals surface area contributed by atoms with Crippen LogP contribution in [0.25, 0.3) is 11.5 Å². The topological polar surface area (TPSA) is 75.1 Å². The number of aromatic nitrogens is 2. The van der Waals surface area contributed by atoms with Crippen molar-refractivity contribution in [3.05, 3.63) is 69.2 Å². The van der Waals surface area contributed by atoms with E-state index in [1.54, 1.807) is 12.1 Å². The van der Waals surface area contributed by atoms with Gasteiger partial charge in [-0.3, -0.25) is 4.79 Å². The van der Waals surface area contributed by atoms with Crippen molar-refractivity contribution in [3.63, 3.8) is 0 Å². The summed E-state index contributed by atoms with van der Waals surface area (Å²) in [6.45, 7) is 2.10. The van der Waals surface area contributed by atoms with Crippen molar-refractivity contribution in [3.8, 4) is 17.5 Å². The van der Waals surface area contributed by atoms with Crippen molar-refractivity contribution in [1.82, 2.24) is 9.55 Å². The van der Waals surface area contributed by atoms with E-state index in [0.29, 0.717) is 41.4 Å². The zero-order valence-electron chi connectivity index (χ0n) is 15.0. The Bertz CT molecular complexity index is 1160. The molecule has 2 atom stereocenters. The summed E-state index contributed by atoms with van der Waals surface area (Å²) in [5.41, 5.74) is 2.04. The molecule has 2 aliphatic rings. The molecule has 0 radical (unpaired) electrons. The molecular weight excluding hydrogens is 376 g/mol. The maximum absolute atomic E-state index is 12.2. The van der Waals surface area contributed by atoms with E-state index in [9.17, 15) is 10.1 Å². The molecule has 0 spiro atoms. The van der Waals surface area contributed by atoms with Crippen molar-refractivity contribution in [2.75, 3.05) is 18.0 Å². The lowest BCUT2D eigenvalue weighted by atomic mass is 9.83. The van der Waals surface area contributed by atoms with Crippen molar-refractivity contribution >= 4 is 17.5 Å². The van der Waals surface area contributed by atoms with Gasteiger partial charge in [0.05, 0.1) is 10.6 Å². The van der Waals surface area contributed by atoms with Gasteiger partial charge in [0.15, 0.2) is 0 Å². The molecule has 5 rings (SSSR count). The van der Waals surface area contributed by atoms with Crippen LogP contribution in [0.1, 0.15) is 23.7 Å². The summed E-state index contributed by atoms with van der Waals surface area (Å²) in [5, 5.41) is 10.1. The number of nitriles is 1. The number of hydrogen-bond acceptors (Lipinski definition) is 5. The third-order valence-electron chi connectivity index (χ3n) is 5.59. The Morgan fingerprint density at radius 1 is 1.14 bits per heavy atom. The molecule has 0 amide bonds. The standard InChI is InChI=1S/C21H17ClN4O2/c22-16-5-2-1-4-15(16)20-24-17(9-23)21(28-20)25-10-13-8-14(12-25)18-6-3-7-19(27)26(18)11-13/h1-7,13-14H,8,10-12H2/t13-,14+/m1/s1. The minimum atomic E-state index is 0.0547. The van der Waals surface area contributed by atoms with E-state index < -0.39 is 0 Å². The number of rotatable bonds is 2. The molecule has 2 aliphatic heterocycles. The van der Waals surface area contributed by atoms with Crippen molar-refractivity contribution in [1.29, 1.82) is 5.26 Å². The zero-order chi connectivity index (χ0) is 19.3. The van der Waals surface area contributed by atoms with Crippen LogP contribution in [0.5, 0.6) is 0 Å². The second kappa shape index (κ2) is 6.54. The van der Waals surface area contributed by atoms with Crippen molar-refractivity contribution in [2.45, 2.75) is 18.9 Å². The van der Waals surface area contributed by atoms with E-state index >= 15 is 0 Å². The SMILES string of the molecule is N#Cc1nc(-c2ccccc2Cl)oc1N1C[C@H]2C[C@@H](C1)c1cccc(=O)n1C2. The van der Waals surface area contributed by atoms with Gasteiger partial charge in [0.2, 0.25) is 17.5 Å². The second-order valence-corrected chi connectivity index (χ2v) is 7.77. The van der Waals surface area contributed by atoms with E-state index in [-0.39, 0.29) is 17.2 Å². The van der Waals surface area contributed by atoms with Crippen molar-refractivity contribution in [2.24, 2.45) is 5.92 Å². The van der Waals surface area contributed by atoms with Crippen LogP contribution >= 0.6 is 11.6 Å². The van der Waals surface area contributed by atoms with Gasteiger partial charge in [-0.1, -0.05) is 29.8 Å². The van der Waals surface area contributed by atoms with E-state index in [1.807, 2.05) is 34.9 Å². The van der Waals surface area contributed by atoms with Crippen LogP contribution in [0.2, 0.25) is 5.02 Å². The number of benzene rings is 1. The predicted molar refractivity (Wildman–Crippen MR) is 105 cm³/mol. The van der Waals surface area contributed by atoms with E-state index in [2.05, 4.69) is 16.0 Å². The molecule has 1 saturated heterocycles. The molecule has 0 unspecified atom stereocenters. The fourth-order valence-corrected chi connectivity index (χ4v) is 4.63. The smallest absolute Gasteiger partial charge is 0.250 e. The summed E-state index contributed by atoms with van der Waals surface area (Å²) in [6, 6.07) is 14.9. The molecule has 1 fully saturated rings. The van der Waals surface area contributed by atoms with Crippen LogP contribution in [0.4, 0.5) is 5.88 Å². The van der Waals surface area contributed by atoms with Gasteiger partial charge in [0.25, 0.3) is 5.56 Å². The fraction of sp³-hybridized carbons (Fsp3) is 0.286. The lowest BCUT2D eigenvalue weighted by Gasteiger charge is -2.42. The molecule has 1 aromatic carbocycles. The first-order valence-electron chi connectivity index (χ1n) is 9.24. The number of pyridine rings is 1. The van der Waals surface area contributed by atoms with Gasteiger partial charge in [-0.2, -0.15) is 10.2 Å². The van der Waals surface area contributed by atoms with Crippen LogP contribution in [0, 0.1) is 17.2 Å². The largest absolute Gasteiger partial charge is 0.419 e. The first kappa shape index (κ1) is 17.1. The molecule has 0 saturated carbocycles. The Morgan fingerprint density at radius 3 is 2.82 bits per heavy atom. The van der Waals surface area contributed by atoms with Gasteiger partial charge in [-0.25, -0.2) is 0 Å². The highest BCUT2D eigenvalue weighted by atomic mass is 35.5. The van der Waals surface area contributed by atoms with Gasteiger partial charge in [-0.15, -0.1) is 0 Å². The third-order valence-corrected chi connectivity index (χ3v) is 5.92. The number of piperidine rings is 1. The maximum atomic E-state index is 12.2. The van der Waals surface area contributed by atoms with Crippen molar-refractivity contribution < 1.29 is 4.42 Å². The number of halogens is 1. The molecule has 6 nitrogen and oxygen atoms in total. The number of anilines is 1. The summed E-state index contributed by atoms with van der Waals surface area (Å²) >= 11 is 6.27. The summed E-state index contributed by atoms with van der Waals surface area (Å²) in [5.74, 6) is 1.39. The molecular formula is C21H17ClN4O2. The summed E-state index contributed by atoms with van der Waals surface area (Å²) in [7, 11) is 0. The van der Waals surface area contributed by atoms with Crippen LogP contribution < -0.4 is 10.5 Å². The Labute approximate surface area is 166 Å². The highest BCUT2D eigenvalue weighted by molar-refractivity contribution is 6.33. The highest BCUT2D eigenvalue weighted by Crippen LogP contribution is 2.39. The molecule has 0 N–H and O–H groups in total. The molecule has 3 aromatic rings. The van der Waals surface area contributed by atoms with E-state index in [1.165, 1.54) is 0 Å². The Morgan fingerprint density at radius 2 is 2.00 bits per heavy atom. The summed E-state index contributed by atoms with van der Waals surface area (Å²) in [4.78, 5) is 18.7. The minimum absolute atomic E-state index is 0.0547. The number of hydrogen-bond donors (Lipinski definition) is 0. The molecule has 2 bridgehead atoms. The second-order valence-electron chi connectivity index (χ2n) is 7.37. The van der Waals surface area contributed by atoms with E-state index in [0.717, 1.165) is 18.7 Å². The summed E-state index contributed by atoms with van der Waals surface area (Å²) in [6.07, 6.45) is 1.04. The molecule has 140 valence electrons. The molecule has 0 aliphatic carbocycles. The first-order chi connectivity index (χ1) is 13.6. The lowest BCUT2D eigenvalue weighted by molar-refractivity contribution is 0.275. The first-order valence-corrected chi connectivity index (χ1v) is 9.62. The Hall–Kier alpha value is -3.04. The normalized spacial score (nSPS) is 20.5. The predicted octanol–water partition coefficient (Wildman–Crippen LogP) is 3.65. The van der Waals surface area contributed by atoms with Crippen LogP contribution in [0.3, 0.4) is 0 Å². The van der Waals surface area contributed by atoms with Gasteiger partial charge < -0.3 is 13.9 Å². The zero-order valence-corrected chi connectivity index (χ0v) is 15.8. The lowest BCUT2D eigenvalue weighted by Crippen LogP contribution is -2.47. The Balaban J connectivity index is 1.52.